The molecule has 11 nitrogen and oxygen atoms in total. The summed E-state index contributed by atoms with van der Waals surface area (Å²) in [5, 5.41) is 13.8. The van der Waals surface area contributed by atoms with Crippen molar-refractivity contribution >= 4 is 29.6 Å². The van der Waals surface area contributed by atoms with Gasteiger partial charge in [0.2, 0.25) is 11.8 Å². The van der Waals surface area contributed by atoms with Crippen LogP contribution in [0.3, 0.4) is 0 Å². The topological polar surface area (TPSA) is 141 Å². The molecule has 1 saturated carbocycles. The molecule has 0 bridgehead atoms. The van der Waals surface area contributed by atoms with E-state index < -0.39 is 17.5 Å². The summed E-state index contributed by atoms with van der Waals surface area (Å²) >= 11 is 0. The molecular weight excluding hydrogens is 574 g/mol. The molecule has 45 heavy (non-hydrogen) atoms. The minimum absolute atomic E-state index is 0.0225. The van der Waals surface area contributed by atoms with Gasteiger partial charge in [-0.15, -0.1) is 0 Å². The van der Waals surface area contributed by atoms with Gasteiger partial charge in [-0.1, -0.05) is 55.7 Å². The first-order valence-corrected chi connectivity index (χ1v) is 15.8. The van der Waals surface area contributed by atoms with Gasteiger partial charge in [-0.25, -0.2) is 15.2 Å². The van der Waals surface area contributed by atoms with Gasteiger partial charge in [0.05, 0.1) is 35.9 Å². The van der Waals surface area contributed by atoms with E-state index in [9.17, 15) is 24.4 Å². The van der Waals surface area contributed by atoms with Gasteiger partial charge in [-0.2, -0.15) is 5.26 Å². The zero-order valence-electron chi connectivity index (χ0n) is 26.0. The Morgan fingerprint density at radius 2 is 1.73 bits per heavy atom. The molecule has 11 heteroatoms. The van der Waals surface area contributed by atoms with Gasteiger partial charge in [0.15, 0.2) is 0 Å². The third-order valence-corrected chi connectivity index (χ3v) is 8.56. The number of hydrazine groups is 1. The minimum Gasteiger partial charge on any atom is -0.466 e. The zero-order chi connectivity index (χ0) is 32.1. The number of esters is 1. The molecule has 1 saturated heterocycles. The van der Waals surface area contributed by atoms with E-state index in [0.29, 0.717) is 24.1 Å². The summed E-state index contributed by atoms with van der Waals surface area (Å²) in [5.74, 6) is -0.970. The van der Waals surface area contributed by atoms with E-state index in [-0.39, 0.29) is 63.5 Å². The van der Waals surface area contributed by atoms with Gasteiger partial charge in [-0.3, -0.25) is 14.4 Å². The average Bonchev–Trinajstić information content (AvgIpc) is 3.07. The maximum atomic E-state index is 13.7. The van der Waals surface area contributed by atoms with Gasteiger partial charge in [-0.05, 0) is 62.8 Å². The maximum Gasteiger partial charge on any atom is 0.410 e. The summed E-state index contributed by atoms with van der Waals surface area (Å²) in [7, 11) is 0. The molecule has 2 aliphatic rings. The number of carbonyl (C=O) groups is 4. The smallest absolute Gasteiger partial charge is 0.410 e. The van der Waals surface area contributed by atoms with Crippen LogP contribution in [0.5, 0.6) is 0 Å². The number of likely N-dealkylation sites (tertiary alicyclic amines) is 1. The molecule has 1 aliphatic carbocycles. The van der Waals surface area contributed by atoms with Crippen molar-refractivity contribution in [1.29, 1.82) is 5.26 Å². The fraction of sp³-hybridized carbons (Fsp3) is 0.500. The van der Waals surface area contributed by atoms with Gasteiger partial charge in [0, 0.05) is 25.6 Å². The van der Waals surface area contributed by atoms with E-state index in [1.54, 1.807) is 36.1 Å². The molecule has 2 aromatic rings. The maximum absolute atomic E-state index is 13.7. The quantitative estimate of drug-likeness (QED) is 0.260. The number of carbonyl (C=O) groups excluding carboxylic acids is 4. The Kier molecular flexibility index (Phi) is 12.3. The lowest BCUT2D eigenvalue weighted by atomic mass is 9.74. The summed E-state index contributed by atoms with van der Waals surface area (Å²) in [6, 6.07) is 18.2. The number of amides is 3. The van der Waals surface area contributed by atoms with Crippen molar-refractivity contribution in [3.05, 3.63) is 65.7 Å². The third-order valence-electron chi connectivity index (χ3n) is 8.56. The second kappa shape index (κ2) is 16.6. The number of benzene rings is 2. The molecule has 0 aromatic heterocycles. The number of anilines is 1. The first kappa shape index (κ1) is 33.5. The highest BCUT2D eigenvalue weighted by molar-refractivity contribution is 5.94. The molecular formula is C34H43N5O6. The number of nitrogens with zero attached hydrogens (tertiary/aromatic N) is 3. The van der Waals surface area contributed by atoms with Gasteiger partial charge in [0.25, 0.3) is 0 Å². The van der Waals surface area contributed by atoms with E-state index in [0.717, 1.165) is 31.2 Å². The van der Waals surface area contributed by atoms with Crippen LogP contribution in [0.4, 0.5) is 10.5 Å². The van der Waals surface area contributed by atoms with E-state index in [4.69, 9.17) is 9.47 Å². The lowest BCUT2D eigenvalue weighted by molar-refractivity contribution is -0.159. The molecule has 0 radical (unpaired) electrons. The second-order valence-corrected chi connectivity index (χ2v) is 11.7. The van der Waals surface area contributed by atoms with E-state index >= 15 is 0 Å². The summed E-state index contributed by atoms with van der Waals surface area (Å²) in [4.78, 5) is 54.1. The van der Waals surface area contributed by atoms with Crippen LogP contribution < -0.4 is 15.8 Å². The highest BCUT2D eigenvalue weighted by Crippen LogP contribution is 2.38. The van der Waals surface area contributed by atoms with Gasteiger partial charge < -0.3 is 19.7 Å². The first-order chi connectivity index (χ1) is 21.8. The molecule has 1 heterocycles. The lowest BCUT2D eigenvalue weighted by Gasteiger charge is -2.39. The highest BCUT2D eigenvalue weighted by atomic mass is 16.6. The molecule has 2 aromatic carbocycles. The van der Waals surface area contributed by atoms with Crippen LogP contribution in [0.25, 0.3) is 0 Å². The van der Waals surface area contributed by atoms with Crippen molar-refractivity contribution in [3.8, 4) is 6.07 Å². The number of rotatable bonds is 12. The van der Waals surface area contributed by atoms with E-state index in [1.807, 2.05) is 30.3 Å². The minimum atomic E-state index is -0.958. The molecule has 2 fully saturated rings. The highest BCUT2D eigenvalue weighted by Gasteiger charge is 2.44. The number of piperidine rings is 1. The molecule has 0 unspecified atom stereocenters. The van der Waals surface area contributed by atoms with Crippen molar-refractivity contribution in [2.75, 3.05) is 31.3 Å². The fourth-order valence-electron chi connectivity index (χ4n) is 5.94. The van der Waals surface area contributed by atoms with Crippen LogP contribution in [-0.2, 0) is 30.5 Å². The summed E-state index contributed by atoms with van der Waals surface area (Å²) in [6.45, 7) is 2.54. The Hall–Kier alpha value is -4.43. The van der Waals surface area contributed by atoms with Crippen LogP contribution >= 0.6 is 0 Å². The zero-order valence-corrected chi connectivity index (χ0v) is 26.0. The standard InChI is InChI=1S/C34H43N5O6/c1-2-44-32(42)34(18-20-38(21-19-34)33(43)45-25-26-10-5-3-6-11-26)17-16-31(41)39(29-15-9-12-27(22-29)23-35)36-24-30(40)37-28-13-7-4-8-14-28/h3,5-6,9-12,15,22,28,36H,2,4,7-8,13-14,16-21,24-25H2,1H3,(H,37,40). The van der Waals surface area contributed by atoms with Crippen molar-refractivity contribution in [2.45, 2.75) is 77.4 Å². The first-order valence-electron chi connectivity index (χ1n) is 15.8. The van der Waals surface area contributed by atoms with E-state index in [2.05, 4.69) is 16.8 Å². The fourth-order valence-corrected chi connectivity index (χ4v) is 5.94. The van der Waals surface area contributed by atoms with Crippen LogP contribution in [0.1, 0.15) is 75.8 Å². The Bertz CT molecular complexity index is 1350. The predicted molar refractivity (Wildman–Crippen MR) is 167 cm³/mol. The molecule has 0 atom stereocenters. The second-order valence-electron chi connectivity index (χ2n) is 11.7. The van der Waals surface area contributed by atoms with Crippen molar-refractivity contribution in [3.63, 3.8) is 0 Å². The molecule has 3 amide bonds. The number of ether oxygens (including phenoxy) is 2. The van der Waals surface area contributed by atoms with Crippen molar-refractivity contribution in [1.82, 2.24) is 15.6 Å². The van der Waals surface area contributed by atoms with Crippen LogP contribution in [-0.4, -0.2) is 61.1 Å². The summed E-state index contributed by atoms with van der Waals surface area (Å²) in [5.41, 5.74) is 3.67. The Balaban J connectivity index is 1.40. The van der Waals surface area contributed by atoms with Crippen molar-refractivity contribution in [2.24, 2.45) is 5.41 Å². The Labute approximate surface area is 264 Å². The van der Waals surface area contributed by atoms with Crippen molar-refractivity contribution < 1.29 is 28.7 Å². The SMILES string of the molecule is CCOC(=O)C1(CCC(=O)N(NCC(=O)NC2CCCCC2)c2cccc(C#N)c2)CCN(C(=O)OCc2ccccc2)CC1. The predicted octanol–water partition coefficient (Wildman–Crippen LogP) is 4.61. The normalized spacial score (nSPS) is 16.2. The Morgan fingerprint density at radius 3 is 2.42 bits per heavy atom. The Morgan fingerprint density at radius 1 is 1.00 bits per heavy atom. The van der Waals surface area contributed by atoms with Gasteiger partial charge in [0.1, 0.15) is 6.61 Å². The average molecular weight is 618 g/mol. The molecule has 0 spiro atoms. The van der Waals surface area contributed by atoms with Crippen LogP contribution in [0.15, 0.2) is 54.6 Å². The molecule has 240 valence electrons. The number of hydrogen-bond donors (Lipinski definition) is 2. The summed E-state index contributed by atoms with van der Waals surface area (Å²) < 4.78 is 10.9. The summed E-state index contributed by atoms with van der Waals surface area (Å²) in [6.07, 6.45) is 5.58. The van der Waals surface area contributed by atoms with Gasteiger partial charge >= 0.3 is 12.1 Å². The largest absolute Gasteiger partial charge is 0.466 e. The molecule has 2 N–H and O–H groups in total. The molecule has 1 aliphatic heterocycles. The number of nitrogens with one attached hydrogen (secondary N) is 2. The number of hydrogen-bond acceptors (Lipinski definition) is 8. The molecule has 4 rings (SSSR count). The van der Waals surface area contributed by atoms with Crippen LogP contribution in [0, 0.1) is 16.7 Å². The monoisotopic (exact) mass is 617 g/mol. The lowest BCUT2D eigenvalue weighted by Crippen LogP contribution is -2.50. The third kappa shape index (κ3) is 9.53. The van der Waals surface area contributed by atoms with Crippen LogP contribution in [0.2, 0.25) is 0 Å². The number of nitriles is 1. The van der Waals surface area contributed by atoms with E-state index in [1.165, 1.54) is 11.4 Å².